The molecule has 2 aromatic carbocycles. The third-order valence-corrected chi connectivity index (χ3v) is 3.49. The van der Waals surface area contributed by atoms with Crippen LogP contribution in [0.3, 0.4) is 0 Å². The fraction of sp³-hybridized carbons (Fsp3) is 0.188. The molecule has 0 aromatic heterocycles. The number of fused-ring (bicyclic) bond motifs is 2. The Morgan fingerprint density at radius 1 is 0.944 bits per heavy atom. The number of anilines is 1. The number of rotatable bonds is 0. The molecule has 18 heavy (non-hydrogen) atoms. The van der Waals surface area contributed by atoms with Gasteiger partial charge in [-0.3, -0.25) is 4.79 Å². The highest BCUT2D eigenvalue weighted by Gasteiger charge is 2.20. The van der Waals surface area contributed by atoms with Crippen LogP contribution in [0.2, 0.25) is 0 Å². The van der Waals surface area contributed by atoms with E-state index < -0.39 is 0 Å². The molecule has 2 heteroatoms. The molecule has 1 heterocycles. The summed E-state index contributed by atoms with van der Waals surface area (Å²) in [6, 6.07) is 16.5. The molecule has 0 fully saturated rings. The molecule has 0 bridgehead atoms. The Bertz CT molecular complexity index is 604. The maximum Gasteiger partial charge on any atom is 0.224 e. The van der Waals surface area contributed by atoms with Crippen LogP contribution in [0.5, 0.6) is 0 Å². The Morgan fingerprint density at radius 3 is 2.28 bits per heavy atom. The van der Waals surface area contributed by atoms with Crippen LogP contribution in [-0.4, -0.2) is 5.91 Å². The standard InChI is InChI=1S/C16H15NO/c1-12(18)17-11-15-8-3-2-6-13(15)10-14-7-4-5-9-16(14)17/h2-9H,10-11H2,1H3. The van der Waals surface area contributed by atoms with Crippen LogP contribution in [0.25, 0.3) is 0 Å². The maximum atomic E-state index is 11.9. The van der Waals surface area contributed by atoms with Crippen molar-refractivity contribution in [2.75, 3.05) is 4.90 Å². The number of carbonyl (C=O) groups excluding carboxylic acids is 1. The highest BCUT2D eigenvalue weighted by Crippen LogP contribution is 2.30. The van der Waals surface area contributed by atoms with Crippen LogP contribution in [0, 0.1) is 0 Å². The van der Waals surface area contributed by atoms with Crippen molar-refractivity contribution < 1.29 is 4.79 Å². The quantitative estimate of drug-likeness (QED) is 0.689. The lowest BCUT2D eigenvalue weighted by Crippen LogP contribution is -2.27. The Hall–Kier alpha value is -2.09. The number of hydrogen-bond donors (Lipinski definition) is 0. The Kier molecular flexibility index (Phi) is 2.63. The van der Waals surface area contributed by atoms with Crippen LogP contribution < -0.4 is 4.90 Å². The smallest absolute Gasteiger partial charge is 0.224 e. The monoisotopic (exact) mass is 237 g/mol. The van der Waals surface area contributed by atoms with Crippen LogP contribution >= 0.6 is 0 Å². The van der Waals surface area contributed by atoms with Gasteiger partial charge in [0.1, 0.15) is 0 Å². The normalized spacial score (nSPS) is 13.5. The topological polar surface area (TPSA) is 20.3 Å². The molecule has 0 saturated heterocycles. The molecule has 0 unspecified atom stereocenters. The lowest BCUT2D eigenvalue weighted by atomic mass is 10.0. The minimum atomic E-state index is 0.0964. The van der Waals surface area contributed by atoms with Crippen LogP contribution in [0.1, 0.15) is 23.6 Å². The van der Waals surface area contributed by atoms with Crippen molar-refractivity contribution in [1.82, 2.24) is 0 Å². The summed E-state index contributed by atoms with van der Waals surface area (Å²) in [7, 11) is 0. The average Bonchev–Trinajstić information content (AvgIpc) is 2.55. The summed E-state index contributed by atoms with van der Waals surface area (Å²) in [5.74, 6) is 0.0964. The molecule has 0 radical (unpaired) electrons. The summed E-state index contributed by atoms with van der Waals surface area (Å²) in [6.45, 7) is 2.30. The summed E-state index contributed by atoms with van der Waals surface area (Å²) >= 11 is 0. The highest BCUT2D eigenvalue weighted by molar-refractivity contribution is 5.92. The van der Waals surface area contributed by atoms with E-state index in [9.17, 15) is 4.79 Å². The molecule has 3 rings (SSSR count). The van der Waals surface area contributed by atoms with Gasteiger partial charge in [0.05, 0.1) is 6.54 Å². The molecule has 2 aromatic rings. The van der Waals surface area contributed by atoms with Crippen molar-refractivity contribution >= 4 is 11.6 Å². The van der Waals surface area contributed by atoms with E-state index in [0.717, 1.165) is 12.1 Å². The third kappa shape index (κ3) is 1.80. The van der Waals surface area contributed by atoms with Crippen molar-refractivity contribution in [3.05, 3.63) is 65.2 Å². The van der Waals surface area contributed by atoms with Crippen molar-refractivity contribution in [3.63, 3.8) is 0 Å². The second-order valence-electron chi connectivity index (χ2n) is 4.68. The van der Waals surface area contributed by atoms with Gasteiger partial charge in [0, 0.05) is 12.6 Å². The number of para-hydroxylation sites is 1. The highest BCUT2D eigenvalue weighted by atomic mass is 16.2. The van der Waals surface area contributed by atoms with E-state index >= 15 is 0 Å². The largest absolute Gasteiger partial charge is 0.308 e. The minimum absolute atomic E-state index is 0.0964. The van der Waals surface area contributed by atoms with E-state index in [-0.39, 0.29) is 5.91 Å². The predicted octanol–water partition coefficient (Wildman–Crippen LogP) is 3.14. The van der Waals surface area contributed by atoms with Gasteiger partial charge in [-0.1, -0.05) is 42.5 Å². The first-order chi connectivity index (χ1) is 8.75. The number of nitrogens with zero attached hydrogens (tertiary/aromatic N) is 1. The van der Waals surface area contributed by atoms with Gasteiger partial charge in [0.2, 0.25) is 5.91 Å². The maximum absolute atomic E-state index is 11.9. The van der Waals surface area contributed by atoms with Gasteiger partial charge in [-0.2, -0.15) is 0 Å². The van der Waals surface area contributed by atoms with Crippen LogP contribution in [0.15, 0.2) is 48.5 Å². The summed E-state index contributed by atoms with van der Waals surface area (Å²) in [4.78, 5) is 13.7. The van der Waals surface area contributed by atoms with Gasteiger partial charge < -0.3 is 4.90 Å². The molecule has 1 aliphatic heterocycles. The lowest BCUT2D eigenvalue weighted by molar-refractivity contribution is -0.116. The number of hydrogen-bond acceptors (Lipinski definition) is 1. The summed E-state index contributed by atoms with van der Waals surface area (Å²) in [5.41, 5.74) is 4.82. The van der Waals surface area contributed by atoms with Crippen LogP contribution in [0.4, 0.5) is 5.69 Å². The molecule has 0 N–H and O–H groups in total. The van der Waals surface area contributed by atoms with Gasteiger partial charge in [-0.15, -0.1) is 0 Å². The first-order valence-electron chi connectivity index (χ1n) is 6.18. The van der Waals surface area contributed by atoms with E-state index in [1.807, 2.05) is 29.2 Å². The van der Waals surface area contributed by atoms with Gasteiger partial charge in [0.25, 0.3) is 0 Å². The Labute approximate surface area is 107 Å². The van der Waals surface area contributed by atoms with Gasteiger partial charge >= 0.3 is 0 Å². The molecule has 0 spiro atoms. The SMILES string of the molecule is CC(=O)N1Cc2ccccc2Cc2ccccc21. The van der Waals surface area contributed by atoms with Crippen LogP contribution in [-0.2, 0) is 17.8 Å². The summed E-state index contributed by atoms with van der Waals surface area (Å²) < 4.78 is 0. The number of carbonyl (C=O) groups is 1. The molecule has 1 amide bonds. The van der Waals surface area contributed by atoms with E-state index in [4.69, 9.17) is 0 Å². The first kappa shape index (κ1) is 11.0. The summed E-state index contributed by atoms with van der Waals surface area (Å²) in [5, 5.41) is 0. The molecule has 2 nitrogen and oxygen atoms in total. The first-order valence-corrected chi connectivity index (χ1v) is 6.18. The Morgan fingerprint density at radius 2 is 1.56 bits per heavy atom. The van der Waals surface area contributed by atoms with E-state index in [0.29, 0.717) is 6.54 Å². The number of benzene rings is 2. The molecule has 1 aliphatic rings. The second-order valence-corrected chi connectivity index (χ2v) is 4.68. The zero-order chi connectivity index (χ0) is 12.5. The second kappa shape index (κ2) is 4.30. The van der Waals surface area contributed by atoms with Gasteiger partial charge in [-0.05, 0) is 29.2 Å². The fourth-order valence-electron chi connectivity index (χ4n) is 2.55. The van der Waals surface area contributed by atoms with Crippen molar-refractivity contribution in [3.8, 4) is 0 Å². The van der Waals surface area contributed by atoms with Crippen molar-refractivity contribution in [2.24, 2.45) is 0 Å². The zero-order valence-electron chi connectivity index (χ0n) is 10.4. The average molecular weight is 237 g/mol. The van der Waals surface area contributed by atoms with E-state index in [1.54, 1.807) is 6.92 Å². The number of amides is 1. The minimum Gasteiger partial charge on any atom is -0.308 e. The molecular formula is C16H15NO. The molecule has 90 valence electrons. The van der Waals surface area contributed by atoms with Crippen molar-refractivity contribution in [1.29, 1.82) is 0 Å². The fourth-order valence-corrected chi connectivity index (χ4v) is 2.55. The third-order valence-electron chi connectivity index (χ3n) is 3.49. The van der Waals surface area contributed by atoms with Gasteiger partial charge in [0.15, 0.2) is 0 Å². The predicted molar refractivity (Wildman–Crippen MR) is 72.6 cm³/mol. The molecule has 0 saturated carbocycles. The van der Waals surface area contributed by atoms with E-state index in [1.165, 1.54) is 16.7 Å². The summed E-state index contributed by atoms with van der Waals surface area (Å²) in [6.07, 6.45) is 0.899. The Balaban J connectivity index is 2.17. The molecule has 0 aliphatic carbocycles. The molecular weight excluding hydrogens is 222 g/mol. The lowest BCUT2D eigenvalue weighted by Gasteiger charge is -2.21. The van der Waals surface area contributed by atoms with Gasteiger partial charge in [-0.25, -0.2) is 0 Å². The van der Waals surface area contributed by atoms with E-state index in [2.05, 4.69) is 24.3 Å². The van der Waals surface area contributed by atoms with Crippen molar-refractivity contribution in [2.45, 2.75) is 19.9 Å². The zero-order valence-corrected chi connectivity index (χ0v) is 10.4. The molecule has 0 atom stereocenters.